The minimum atomic E-state index is -0.444. The second kappa shape index (κ2) is 6.75. The van der Waals surface area contributed by atoms with Gasteiger partial charge in [0.1, 0.15) is 6.61 Å². The number of amidine groups is 1. The molecule has 0 radical (unpaired) electrons. The fourth-order valence-corrected chi connectivity index (χ4v) is 2.47. The Morgan fingerprint density at radius 3 is 3.06 bits per heavy atom. The van der Waals surface area contributed by atoms with Crippen molar-refractivity contribution in [2.75, 3.05) is 25.5 Å². The second-order valence-electron chi connectivity index (χ2n) is 4.01. The SMILES string of the molecule is CC(C)C1CSC(=NCCOCC(N)=O)N1. The van der Waals surface area contributed by atoms with Gasteiger partial charge in [-0.05, 0) is 5.92 Å². The Kier molecular flexibility index (Phi) is 5.62. The number of nitrogens with one attached hydrogen (secondary N) is 1. The first kappa shape index (κ1) is 13.3. The van der Waals surface area contributed by atoms with Crippen LogP contribution in [0.5, 0.6) is 0 Å². The number of thioether (sulfide) groups is 1. The van der Waals surface area contributed by atoms with Crippen LogP contribution in [0.25, 0.3) is 0 Å². The summed E-state index contributed by atoms with van der Waals surface area (Å²) < 4.78 is 5.01. The van der Waals surface area contributed by atoms with E-state index in [2.05, 4.69) is 24.2 Å². The lowest BCUT2D eigenvalue weighted by Crippen LogP contribution is -2.31. The molecule has 0 aliphatic carbocycles. The lowest BCUT2D eigenvalue weighted by atomic mass is 10.1. The van der Waals surface area contributed by atoms with Gasteiger partial charge in [-0.15, -0.1) is 0 Å². The van der Waals surface area contributed by atoms with E-state index in [1.54, 1.807) is 11.8 Å². The van der Waals surface area contributed by atoms with Gasteiger partial charge in [0.15, 0.2) is 5.17 Å². The molecule has 1 atom stereocenters. The molecule has 1 aliphatic rings. The van der Waals surface area contributed by atoms with Crippen molar-refractivity contribution in [1.82, 2.24) is 5.32 Å². The van der Waals surface area contributed by atoms with Gasteiger partial charge < -0.3 is 15.8 Å². The number of primary amides is 1. The van der Waals surface area contributed by atoms with E-state index in [4.69, 9.17) is 10.5 Å². The largest absolute Gasteiger partial charge is 0.370 e. The molecule has 6 heteroatoms. The van der Waals surface area contributed by atoms with Crippen molar-refractivity contribution >= 4 is 22.8 Å². The maximum absolute atomic E-state index is 10.4. The van der Waals surface area contributed by atoms with E-state index in [1.165, 1.54) is 0 Å². The summed E-state index contributed by atoms with van der Waals surface area (Å²) in [5.74, 6) is 1.24. The first-order chi connectivity index (χ1) is 7.59. The van der Waals surface area contributed by atoms with E-state index in [9.17, 15) is 4.79 Å². The number of nitrogens with two attached hydrogens (primary N) is 1. The standard InChI is InChI=1S/C10H19N3O2S/c1-7(2)8-6-16-10(13-8)12-3-4-15-5-9(11)14/h7-8H,3-6H2,1-2H3,(H2,11,14)(H,12,13). The highest BCUT2D eigenvalue weighted by Gasteiger charge is 2.22. The predicted molar refractivity (Wildman–Crippen MR) is 66.5 cm³/mol. The molecule has 1 aliphatic heterocycles. The van der Waals surface area contributed by atoms with Crippen LogP contribution in [-0.2, 0) is 9.53 Å². The lowest BCUT2D eigenvalue weighted by Gasteiger charge is -2.13. The zero-order valence-electron chi connectivity index (χ0n) is 9.73. The van der Waals surface area contributed by atoms with Crippen LogP contribution in [-0.4, -0.2) is 42.6 Å². The first-order valence-corrected chi connectivity index (χ1v) is 6.38. The van der Waals surface area contributed by atoms with E-state index < -0.39 is 5.91 Å². The highest BCUT2D eigenvalue weighted by atomic mass is 32.2. The Hall–Kier alpha value is -0.750. The molecule has 1 unspecified atom stereocenters. The summed E-state index contributed by atoms with van der Waals surface area (Å²) in [7, 11) is 0. The Bertz CT molecular complexity index is 269. The van der Waals surface area contributed by atoms with Gasteiger partial charge in [0, 0.05) is 11.8 Å². The third kappa shape index (κ3) is 4.85. The number of aliphatic imine (C=N–C) groups is 1. The summed E-state index contributed by atoms with van der Waals surface area (Å²) >= 11 is 1.73. The van der Waals surface area contributed by atoms with Gasteiger partial charge in [-0.3, -0.25) is 9.79 Å². The molecule has 5 nitrogen and oxygen atoms in total. The molecule has 0 saturated carbocycles. The van der Waals surface area contributed by atoms with Crippen LogP contribution in [0.2, 0.25) is 0 Å². The number of carbonyl (C=O) groups is 1. The number of nitrogens with zero attached hydrogens (tertiary/aromatic N) is 1. The third-order valence-electron chi connectivity index (χ3n) is 2.25. The zero-order valence-corrected chi connectivity index (χ0v) is 10.5. The maximum Gasteiger partial charge on any atom is 0.243 e. The molecular formula is C10H19N3O2S. The van der Waals surface area contributed by atoms with Gasteiger partial charge in [-0.1, -0.05) is 25.6 Å². The van der Waals surface area contributed by atoms with E-state index >= 15 is 0 Å². The van der Waals surface area contributed by atoms with Crippen molar-refractivity contribution in [1.29, 1.82) is 0 Å². The molecule has 1 amide bonds. The molecule has 0 spiro atoms. The maximum atomic E-state index is 10.4. The van der Waals surface area contributed by atoms with Gasteiger partial charge in [-0.2, -0.15) is 0 Å². The highest BCUT2D eigenvalue weighted by molar-refractivity contribution is 8.14. The molecule has 0 aromatic heterocycles. The molecule has 0 aromatic carbocycles. The van der Waals surface area contributed by atoms with E-state index in [0.717, 1.165) is 10.9 Å². The quantitative estimate of drug-likeness (QED) is 0.656. The number of rotatable bonds is 6. The minimum absolute atomic E-state index is 0.0277. The second-order valence-corrected chi connectivity index (χ2v) is 5.02. The van der Waals surface area contributed by atoms with Crippen LogP contribution in [0, 0.1) is 5.92 Å². The fourth-order valence-electron chi connectivity index (χ4n) is 1.25. The van der Waals surface area contributed by atoms with Crippen molar-refractivity contribution < 1.29 is 9.53 Å². The lowest BCUT2D eigenvalue weighted by molar-refractivity contribution is -0.122. The summed E-state index contributed by atoms with van der Waals surface area (Å²) in [5.41, 5.74) is 4.93. The molecular weight excluding hydrogens is 226 g/mol. The predicted octanol–water partition coefficient (Wildman–Crippen LogP) is 0.205. The Labute approximate surface area is 100 Å². The zero-order chi connectivity index (χ0) is 12.0. The van der Waals surface area contributed by atoms with Gasteiger partial charge >= 0.3 is 0 Å². The summed E-state index contributed by atoms with van der Waals surface area (Å²) in [6.07, 6.45) is 0. The van der Waals surface area contributed by atoms with Crippen molar-refractivity contribution in [3.05, 3.63) is 0 Å². The number of ether oxygens (including phenoxy) is 1. The molecule has 1 rings (SSSR count). The molecule has 1 saturated heterocycles. The highest BCUT2D eigenvalue weighted by Crippen LogP contribution is 2.18. The summed E-state index contributed by atoms with van der Waals surface area (Å²) in [6, 6.07) is 0.510. The normalized spacial score (nSPS) is 22.7. The van der Waals surface area contributed by atoms with Crippen LogP contribution >= 0.6 is 11.8 Å². The van der Waals surface area contributed by atoms with Crippen molar-refractivity contribution in [3.63, 3.8) is 0 Å². The molecule has 92 valence electrons. The Morgan fingerprint density at radius 1 is 1.75 bits per heavy atom. The first-order valence-electron chi connectivity index (χ1n) is 5.39. The molecule has 0 bridgehead atoms. The topological polar surface area (TPSA) is 76.7 Å². The van der Waals surface area contributed by atoms with Crippen LogP contribution in [0.3, 0.4) is 0 Å². The summed E-state index contributed by atoms with van der Waals surface area (Å²) in [4.78, 5) is 14.7. The number of amides is 1. The van der Waals surface area contributed by atoms with E-state index in [1.807, 2.05) is 0 Å². The van der Waals surface area contributed by atoms with Gasteiger partial charge in [0.2, 0.25) is 5.91 Å². The molecule has 0 aromatic rings. The number of carbonyl (C=O) groups excluding carboxylic acids is 1. The van der Waals surface area contributed by atoms with Crippen LogP contribution in [0.15, 0.2) is 4.99 Å². The minimum Gasteiger partial charge on any atom is -0.370 e. The number of hydrogen-bond donors (Lipinski definition) is 2. The number of hydrogen-bond acceptors (Lipinski definition) is 4. The van der Waals surface area contributed by atoms with Crippen molar-refractivity contribution in [2.24, 2.45) is 16.6 Å². The van der Waals surface area contributed by atoms with Crippen molar-refractivity contribution in [2.45, 2.75) is 19.9 Å². The van der Waals surface area contributed by atoms with Crippen LogP contribution in [0.1, 0.15) is 13.8 Å². The average Bonchev–Trinajstić information content (AvgIpc) is 2.65. The third-order valence-corrected chi connectivity index (χ3v) is 3.29. The van der Waals surface area contributed by atoms with Gasteiger partial charge in [0.25, 0.3) is 0 Å². The van der Waals surface area contributed by atoms with Crippen molar-refractivity contribution in [3.8, 4) is 0 Å². The Balaban J connectivity index is 2.14. The van der Waals surface area contributed by atoms with Crippen LogP contribution in [0.4, 0.5) is 0 Å². The summed E-state index contributed by atoms with van der Waals surface area (Å²) in [5, 5.41) is 4.33. The van der Waals surface area contributed by atoms with E-state index in [0.29, 0.717) is 25.1 Å². The molecule has 16 heavy (non-hydrogen) atoms. The monoisotopic (exact) mass is 245 g/mol. The molecule has 1 fully saturated rings. The molecule has 1 heterocycles. The Morgan fingerprint density at radius 2 is 2.50 bits per heavy atom. The average molecular weight is 245 g/mol. The molecule has 3 N–H and O–H groups in total. The van der Waals surface area contributed by atoms with E-state index in [-0.39, 0.29) is 6.61 Å². The smallest absolute Gasteiger partial charge is 0.243 e. The summed E-state index contributed by atoms with van der Waals surface area (Å²) in [6.45, 7) is 5.35. The van der Waals surface area contributed by atoms with Gasteiger partial charge in [0.05, 0.1) is 13.2 Å². The fraction of sp³-hybridized carbons (Fsp3) is 0.800. The van der Waals surface area contributed by atoms with Crippen LogP contribution < -0.4 is 11.1 Å². The van der Waals surface area contributed by atoms with Gasteiger partial charge in [-0.25, -0.2) is 0 Å².